The topological polar surface area (TPSA) is 69.0 Å². The second-order valence-corrected chi connectivity index (χ2v) is 7.34. The molecule has 26 heavy (non-hydrogen) atoms. The summed E-state index contributed by atoms with van der Waals surface area (Å²) in [6.45, 7) is 4.50. The average Bonchev–Trinajstić information content (AvgIpc) is 3.17. The average molecular weight is 346 g/mol. The van der Waals surface area contributed by atoms with Crippen LogP contribution in [0.5, 0.6) is 0 Å². The lowest BCUT2D eigenvalue weighted by Crippen LogP contribution is -2.38. The molecule has 0 radical (unpaired) electrons. The molecular formula is C21H22N4O. The first-order chi connectivity index (χ1) is 12.5. The van der Waals surface area contributed by atoms with E-state index in [1.165, 1.54) is 11.1 Å². The Morgan fingerprint density at radius 2 is 1.88 bits per heavy atom. The second kappa shape index (κ2) is 6.45. The minimum Gasteiger partial charge on any atom is -0.364 e. The first-order valence-corrected chi connectivity index (χ1v) is 9.06. The van der Waals surface area contributed by atoms with Gasteiger partial charge in [-0.25, -0.2) is 4.98 Å². The van der Waals surface area contributed by atoms with Crippen LogP contribution in [0.1, 0.15) is 34.4 Å². The number of nitriles is 1. The molecule has 1 N–H and O–H groups in total. The minimum atomic E-state index is -0.00740. The SMILES string of the molecule is Cc1cc(C)c(C#N)c(N[C@H]2CC(=O)N(C3Cc4ccccc4C3)C2)n1. The lowest BCUT2D eigenvalue weighted by molar-refractivity contribution is -0.129. The van der Waals surface area contributed by atoms with Gasteiger partial charge in [0.05, 0.1) is 11.6 Å². The van der Waals surface area contributed by atoms with Crippen molar-refractivity contribution in [2.24, 2.45) is 0 Å². The highest BCUT2D eigenvalue weighted by atomic mass is 16.2. The molecule has 5 nitrogen and oxygen atoms in total. The molecule has 1 fully saturated rings. The van der Waals surface area contributed by atoms with E-state index in [9.17, 15) is 10.1 Å². The molecule has 2 aliphatic rings. The number of hydrogen-bond donors (Lipinski definition) is 1. The summed E-state index contributed by atoms with van der Waals surface area (Å²) in [7, 11) is 0. The number of fused-ring (bicyclic) bond motifs is 1. The molecule has 1 amide bonds. The molecule has 0 bridgehead atoms. The van der Waals surface area contributed by atoms with Gasteiger partial charge in [-0.2, -0.15) is 5.26 Å². The van der Waals surface area contributed by atoms with E-state index < -0.39 is 0 Å². The molecule has 132 valence electrons. The fourth-order valence-electron chi connectivity index (χ4n) is 4.21. The Bertz CT molecular complexity index is 890. The Labute approximate surface area is 153 Å². The van der Waals surface area contributed by atoms with E-state index in [2.05, 4.69) is 40.6 Å². The summed E-state index contributed by atoms with van der Waals surface area (Å²) in [5, 5.41) is 12.8. The van der Waals surface area contributed by atoms with E-state index in [1.54, 1.807) is 0 Å². The van der Waals surface area contributed by atoms with Crippen LogP contribution in [-0.4, -0.2) is 34.4 Å². The Balaban J connectivity index is 1.49. The van der Waals surface area contributed by atoms with Crippen LogP contribution in [0.4, 0.5) is 5.82 Å². The number of hydrogen-bond acceptors (Lipinski definition) is 4. The van der Waals surface area contributed by atoms with Gasteiger partial charge in [-0.15, -0.1) is 0 Å². The monoisotopic (exact) mass is 346 g/mol. The quantitative estimate of drug-likeness (QED) is 0.928. The fraction of sp³-hybridized carbons (Fsp3) is 0.381. The number of amides is 1. The molecule has 1 aliphatic carbocycles. The number of likely N-dealkylation sites (tertiary alicyclic amines) is 1. The van der Waals surface area contributed by atoms with Gasteiger partial charge in [-0.05, 0) is 49.4 Å². The van der Waals surface area contributed by atoms with Crippen LogP contribution >= 0.6 is 0 Å². The molecule has 4 rings (SSSR count). The van der Waals surface area contributed by atoms with Crippen molar-refractivity contribution < 1.29 is 4.79 Å². The molecule has 2 heterocycles. The van der Waals surface area contributed by atoms with Gasteiger partial charge in [0.2, 0.25) is 5.91 Å². The van der Waals surface area contributed by atoms with Crippen molar-refractivity contribution >= 4 is 11.7 Å². The Morgan fingerprint density at radius 1 is 1.19 bits per heavy atom. The first-order valence-electron chi connectivity index (χ1n) is 9.06. The number of rotatable bonds is 3. The molecule has 0 unspecified atom stereocenters. The minimum absolute atomic E-state index is 0.00740. The molecule has 0 saturated carbocycles. The van der Waals surface area contributed by atoms with E-state index in [0.29, 0.717) is 24.3 Å². The van der Waals surface area contributed by atoms with Gasteiger partial charge in [0.1, 0.15) is 11.9 Å². The standard InChI is InChI=1S/C21H22N4O/c1-13-7-14(2)23-21(19(13)11-22)24-17-10-20(26)25(12-17)18-8-15-5-3-4-6-16(15)9-18/h3-7,17-18H,8-10,12H2,1-2H3,(H,23,24)/t17-/m0/s1. The summed E-state index contributed by atoms with van der Waals surface area (Å²) >= 11 is 0. The van der Waals surface area contributed by atoms with Crippen LogP contribution in [0.15, 0.2) is 30.3 Å². The van der Waals surface area contributed by atoms with Crippen molar-refractivity contribution in [2.45, 2.75) is 45.2 Å². The fourth-order valence-corrected chi connectivity index (χ4v) is 4.21. The van der Waals surface area contributed by atoms with Crippen molar-refractivity contribution in [3.8, 4) is 6.07 Å². The first kappa shape index (κ1) is 16.6. The molecule has 0 spiro atoms. The molecular weight excluding hydrogens is 324 g/mol. The van der Waals surface area contributed by atoms with Gasteiger partial charge >= 0.3 is 0 Å². The molecule has 1 aromatic heterocycles. The summed E-state index contributed by atoms with van der Waals surface area (Å²) in [4.78, 5) is 19.1. The molecule has 5 heteroatoms. The van der Waals surface area contributed by atoms with Crippen LogP contribution in [0, 0.1) is 25.2 Å². The molecule has 2 aromatic rings. The Kier molecular flexibility index (Phi) is 4.12. The normalized spacial score (nSPS) is 19.5. The zero-order valence-corrected chi connectivity index (χ0v) is 15.1. The number of aromatic nitrogens is 1. The van der Waals surface area contributed by atoms with Crippen molar-refractivity contribution in [1.82, 2.24) is 9.88 Å². The van der Waals surface area contributed by atoms with Crippen LogP contribution in [0.3, 0.4) is 0 Å². The second-order valence-electron chi connectivity index (χ2n) is 7.34. The summed E-state index contributed by atoms with van der Waals surface area (Å²) in [6, 6.07) is 12.8. The Morgan fingerprint density at radius 3 is 2.54 bits per heavy atom. The lowest BCUT2D eigenvalue weighted by atomic mass is 10.1. The van der Waals surface area contributed by atoms with Crippen LogP contribution in [0.25, 0.3) is 0 Å². The van der Waals surface area contributed by atoms with Crippen LogP contribution in [0.2, 0.25) is 0 Å². The summed E-state index contributed by atoms with van der Waals surface area (Å²) in [5.74, 6) is 0.780. The van der Waals surface area contributed by atoms with Gasteiger partial charge in [0.25, 0.3) is 0 Å². The highest BCUT2D eigenvalue weighted by Gasteiger charge is 2.37. The van der Waals surface area contributed by atoms with E-state index >= 15 is 0 Å². The predicted molar refractivity (Wildman–Crippen MR) is 99.8 cm³/mol. The van der Waals surface area contributed by atoms with Crippen molar-refractivity contribution in [2.75, 3.05) is 11.9 Å². The maximum absolute atomic E-state index is 12.6. The maximum atomic E-state index is 12.6. The van der Waals surface area contributed by atoms with Crippen molar-refractivity contribution in [1.29, 1.82) is 5.26 Å². The third-order valence-corrected chi connectivity index (χ3v) is 5.43. The predicted octanol–water partition coefficient (Wildman–Crippen LogP) is 2.75. The summed E-state index contributed by atoms with van der Waals surface area (Å²) in [6.07, 6.45) is 2.31. The lowest BCUT2D eigenvalue weighted by Gasteiger charge is -2.24. The zero-order valence-electron chi connectivity index (χ0n) is 15.1. The van der Waals surface area contributed by atoms with E-state index in [-0.39, 0.29) is 18.0 Å². The van der Waals surface area contributed by atoms with Gasteiger partial charge in [0, 0.05) is 24.7 Å². The maximum Gasteiger partial charge on any atom is 0.225 e. The highest BCUT2D eigenvalue weighted by molar-refractivity contribution is 5.80. The van der Waals surface area contributed by atoms with E-state index in [1.807, 2.05) is 24.8 Å². The van der Waals surface area contributed by atoms with Gasteiger partial charge in [0.15, 0.2) is 0 Å². The largest absolute Gasteiger partial charge is 0.364 e. The number of pyridine rings is 1. The number of anilines is 1. The number of carbonyl (C=O) groups is 1. The number of nitrogens with zero attached hydrogens (tertiary/aromatic N) is 3. The van der Waals surface area contributed by atoms with Crippen molar-refractivity contribution in [3.05, 3.63) is 58.3 Å². The van der Waals surface area contributed by atoms with Gasteiger partial charge in [-0.1, -0.05) is 24.3 Å². The summed E-state index contributed by atoms with van der Waals surface area (Å²) < 4.78 is 0. The van der Waals surface area contributed by atoms with Crippen LogP contribution < -0.4 is 5.32 Å². The molecule has 1 atom stereocenters. The van der Waals surface area contributed by atoms with Crippen molar-refractivity contribution in [3.63, 3.8) is 0 Å². The molecule has 1 saturated heterocycles. The summed E-state index contributed by atoms with van der Waals surface area (Å²) in [5.41, 5.74) is 5.05. The van der Waals surface area contributed by atoms with Gasteiger partial charge in [-0.3, -0.25) is 4.79 Å². The van der Waals surface area contributed by atoms with Gasteiger partial charge < -0.3 is 10.2 Å². The molecule has 1 aromatic carbocycles. The number of nitrogens with one attached hydrogen (secondary N) is 1. The van der Waals surface area contributed by atoms with Crippen LogP contribution in [-0.2, 0) is 17.6 Å². The third-order valence-electron chi connectivity index (χ3n) is 5.43. The van der Waals surface area contributed by atoms with E-state index in [4.69, 9.17) is 0 Å². The van der Waals surface area contributed by atoms with E-state index in [0.717, 1.165) is 24.1 Å². The third kappa shape index (κ3) is 2.92. The zero-order chi connectivity index (χ0) is 18.3. The molecule has 1 aliphatic heterocycles. The number of benzene rings is 1. The Hall–Kier alpha value is -2.87. The number of carbonyl (C=O) groups excluding carboxylic acids is 1. The highest BCUT2D eigenvalue weighted by Crippen LogP contribution is 2.29. The number of aryl methyl sites for hydroxylation is 2. The smallest absolute Gasteiger partial charge is 0.225 e.